The maximum atomic E-state index is 12.2. The third-order valence-electron chi connectivity index (χ3n) is 2.34. The van der Waals surface area contributed by atoms with Crippen molar-refractivity contribution in [1.82, 2.24) is 15.1 Å². The van der Waals surface area contributed by atoms with E-state index >= 15 is 0 Å². The van der Waals surface area contributed by atoms with Crippen LogP contribution in [-0.2, 0) is 13.1 Å². The molecule has 90 valence electrons. The summed E-state index contributed by atoms with van der Waals surface area (Å²) in [6.07, 6.45) is 1.28. The van der Waals surface area contributed by atoms with Crippen LogP contribution in [0.25, 0.3) is 0 Å². The van der Waals surface area contributed by atoms with Gasteiger partial charge in [-0.1, -0.05) is 30.3 Å². The highest BCUT2D eigenvalue weighted by atomic mass is 19.3. The summed E-state index contributed by atoms with van der Waals surface area (Å²) < 4.78 is 25.1. The van der Waals surface area contributed by atoms with Gasteiger partial charge in [0.25, 0.3) is 0 Å². The number of rotatable bonds is 5. The summed E-state index contributed by atoms with van der Waals surface area (Å²) in [6.45, 7) is -1.39. The molecule has 1 heterocycles. The van der Waals surface area contributed by atoms with E-state index in [4.69, 9.17) is 0 Å². The van der Waals surface area contributed by atoms with E-state index in [1.807, 2.05) is 30.3 Å². The van der Waals surface area contributed by atoms with Gasteiger partial charge < -0.3 is 5.32 Å². The number of hydrogen-bond acceptors (Lipinski definition) is 2. The van der Waals surface area contributed by atoms with Crippen molar-refractivity contribution in [3.05, 3.63) is 53.9 Å². The third-order valence-corrected chi connectivity index (χ3v) is 2.34. The van der Waals surface area contributed by atoms with Gasteiger partial charge in [-0.2, -0.15) is 13.9 Å². The Labute approximate surface area is 98.1 Å². The first-order chi connectivity index (χ1) is 8.25. The highest BCUT2D eigenvalue weighted by Crippen LogP contribution is 2.08. The molecule has 17 heavy (non-hydrogen) atoms. The zero-order valence-electron chi connectivity index (χ0n) is 9.18. The normalized spacial score (nSPS) is 11.0. The largest absolute Gasteiger partial charge is 0.333 e. The van der Waals surface area contributed by atoms with E-state index in [0.29, 0.717) is 23.5 Å². The maximum Gasteiger partial charge on any atom is 0.333 e. The first-order valence-corrected chi connectivity index (χ1v) is 5.32. The Hall–Kier alpha value is -1.75. The molecular weight excluding hydrogens is 224 g/mol. The molecule has 2 aromatic rings. The Bertz CT molecular complexity index is 454. The summed E-state index contributed by atoms with van der Waals surface area (Å²) in [5.41, 5.74) is 1.77. The van der Waals surface area contributed by atoms with Gasteiger partial charge >= 0.3 is 6.55 Å². The molecule has 0 aliphatic carbocycles. The van der Waals surface area contributed by atoms with Gasteiger partial charge in [0.1, 0.15) is 0 Å². The van der Waals surface area contributed by atoms with Crippen LogP contribution in [0.4, 0.5) is 8.78 Å². The number of benzene rings is 1. The minimum Gasteiger partial charge on any atom is -0.307 e. The van der Waals surface area contributed by atoms with Crippen LogP contribution in [0, 0.1) is 0 Å². The Kier molecular flexibility index (Phi) is 3.82. The predicted molar refractivity (Wildman–Crippen MR) is 60.5 cm³/mol. The molecule has 0 unspecified atom stereocenters. The molecule has 2 rings (SSSR count). The fraction of sp³-hybridized carbons (Fsp3) is 0.250. The Morgan fingerprint density at radius 2 is 1.88 bits per heavy atom. The molecular formula is C12H13F2N3. The minimum absolute atomic E-state index is 0.481. The van der Waals surface area contributed by atoms with E-state index in [1.54, 1.807) is 6.07 Å². The topological polar surface area (TPSA) is 29.9 Å². The smallest absolute Gasteiger partial charge is 0.307 e. The van der Waals surface area contributed by atoms with E-state index in [1.165, 1.54) is 6.20 Å². The molecule has 5 heteroatoms. The van der Waals surface area contributed by atoms with E-state index in [0.717, 1.165) is 5.56 Å². The first kappa shape index (κ1) is 11.7. The molecule has 0 fully saturated rings. The molecule has 0 saturated carbocycles. The van der Waals surface area contributed by atoms with Crippen molar-refractivity contribution < 1.29 is 8.78 Å². The number of hydrogen-bond donors (Lipinski definition) is 1. The second kappa shape index (κ2) is 5.54. The molecule has 1 N–H and O–H groups in total. The van der Waals surface area contributed by atoms with Gasteiger partial charge in [0.15, 0.2) is 0 Å². The molecule has 0 atom stereocenters. The second-order valence-corrected chi connectivity index (χ2v) is 3.65. The highest BCUT2D eigenvalue weighted by Gasteiger charge is 2.06. The van der Waals surface area contributed by atoms with Crippen molar-refractivity contribution in [1.29, 1.82) is 0 Å². The van der Waals surface area contributed by atoms with Crippen molar-refractivity contribution in [2.45, 2.75) is 19.6 Å². The zero-order chi connectivity index (χ0) is 12.1. The summed E-state index contributed by atoms with van der Waals surface area (Å²) in [4.78, 5) is 0. The number of nitrogens with zero attached hydrogens (tertiary/aromatic N) is 2. The number of nitrogens with one attached hydrogen (secondary N) is 1. The Morgan fingerprint density at radius 3 is 2.53 bits per heavy atom. The summed E-state index contributed by atoms with van der Waals surface area (Å²) in [7, 11) is 0. The molecule has 3 nitrogen and oxygen atoms in total. The van der Waals surface area contributed by atoms with Crippen LogP contribution in [0.2, 0.25) is 0 Å². The SMILES string of the molecule is FC(F)n1ccc(CNCc2ccccc2)n1. The molecule has 1 aromatic heterocycles. The molecule has 0 saturated heterocycles. The van der Waals surface area contributed by atoms with Gasteiger partial charge in [0.05, 0.1) is 5.69 Å². The van der Waals surface area contributed by atoms with E-state index < -0.39 is 6.55 Å². The molecule has 0 spiro atoms. The van der Waals surface area contributed by atoms with E-state index in [-0.39, 0.29) is 0 Å². The zero-order valence-corrected chi connectivity index (χ0v) is 9.18. The molecule has 0 bridgehead atoms. The van der Waals surface area contributed by atoms with Crippen LogP contribution in [0.5, 0.6) is 0 Å². The van der Waals surface area contributed by atoms with Crippen molar-refractivity contribution in [2.24, 2.45) is 0 Å². The maximum absolute atomic E-state index is 12.2. The third kappa shape index (κ3) is 3.35. The van der Waals surface area contributed by atoms with Crippen LogP contribution >= 0.6 is 0 Å². The van der Waals surface area contributed by atoms with Gasteiger partial charge in [-0.25, -0.2) is 4.68 Å². The van der Waals surface area contributed by atoms with Crippen molar-refractivity contribution in [3.63, 3.8) is 0 Å². The van der Waals surface area contributed by atoms with Crippen LogP contribution in [0.3, 0.4) is 0 Å². The molecule has 0 amide bonds. The lowest BCUT2D eigenvalue weighted by atomic mass is 10.2. The van der Waals surface area contributed by atoms with Crippen LogP contribution in [0.1, 0.15) is 17.8 Å². The number of alkyl halides is 2. The van der Waals surface area contributed by atoms with Crippen molar-refractivity contribution in [2.75, 3.05) is 0 Å². The van der Waals surface area contributed by atoms with Gasteiger partial charge in [-0.3, -0.25) is 0 Å². The van der Waals surface area contributed by atoms with Crippen LogP contribution < -0.4 is 5.32 Å². The van der Waals surface area contributed by atoms with Gasteiger partial charge in [0, 0.05) is 19.3 Å². The van der Waals surface area contributed by atoms with Gasteiger partial charge in [0.2, 0.25) is 0 Å². The molecule has 0 aliphatic rings. The van der Waals surface area contributed by atoms with Gasteiger partial charge in [-0.15, -0.1) is 0 Å². The summed E-state index contributed by atoms with van der Waals surface area (Å²) in [5.74, 6) is 0. The number of halogens is 2. The second-order valence-electron chi connectivity index (χ2n) is 3.65. The molecule has 1 aromatic carbocycles. The molecule has 0 aliphatic heterocycles. The minimum atomic E-state index is -2.57. The summed E-state index contributed by atoms with van der Waals surface area (Å²) in [6, 6.07) is 11.5. The number of aromatic nitrogens is 2. The fourth-order valence-electron chi connectivity index (χ4n) is 1.51. The van der Waals surface area contributed by atoms with Crippen LogP contribution in [-0.4, -0.2) is 9.78 Å². The van der Waals surface area contributed by atoms with Crippen molar-refractivity contribution in [3.8, 4) is 0 Å². The monoisotopic (exact) mass is 237 g/mol. The average Bonchev–Trinajstić information content (AvgIpc) is 2.79. The molecule has 0 radical (unpaired) electrons. The van der Waals surface area contributed by atoms with E-state index in [9.17, 15) is 8.78 Å². The van der Waals surface area contributed by atoms with Crippen LogP contribution in [0.15, 0.2) is 42.6 Å². The summed E-state index contributed by atoms with van der Waals surface area (Å²) in [5, 5.41) is 6.89. The lowest BCUT2D eigenvalue weighted by Gasteiger charge is -2.02. The Morgan fingerprint density at radius 1 is 1.12 bits per heavy atom. The fourth-order valence-corrected chi connectivity index (χ4v) is 1.51. The van der Waals surface area contributed by atoms with Gasteiger partial charge in [-0.05, 0) is 11.6 Å². The lowest BCUT2D eigenvalue weighted by Crippen LogP contribution is -2.13. The predicted octanol–water partition coefficient (Wildman–Crippen LogP) is 2.57. The standard InChI is InChI=1S/C12H13F2N3/c13-12(14)17-7-6-11(16-17)9-15-8-10-4-2-1-3-5-10/h1-7,12,15H,8-9H2. The quantitative estimate of drug-likeness (QED) is 0.866. The Balaban J connectivity index is 1.82. The summed E-state index contributed by atoms with van der Waals surface area (Å²) >= 11 is 0. The van der Waals surface area contributed by atoms with E-state index in [2.05, 4.69) is 10.4 Å². The highest BCUT2D eigenvalue weighted by molar-refractivity contribution is 5.14. The first-order valence-electron chi connectivity index (χ1n) is 5.32. The lowest BCUT2D eigenvalue weighted by molar-refractivity contribution is 0.0561. The average molecular weight is 237 g/mol. The van der Waals surface area contributed by atoms with Crippen molar-refractivity contribution >= 4 is 0 Å².